The van der Waals surface area contributed by atoms with E-state index in [2.05, 4.69) is 14.6 Å². The maximum Gasteiger partial charge on any atom is 0.236 e. The summed E-state index contributed by atoms with van der Waals surface area (Å²) < 4.78 is 27.4. The number of rotatable bonds is 4. The Balaban J connectivity index is 1.62. The van der Waals surface area contributed by atoms with Crippen molar-refractivity contribution >= 4 is 33.1 Å². The van der Waals surface area contributed by atoms with Crippen molar-refractivity contribution in [2.24, 2.45) is 0 Å². The summed E-state index contributed by atoms with van der Waals surface area (Å²) >= 11 is 5.89. The number of aromatic hydroxyl groups is 1. The molecule has 0 radical (unpaired) electrons. The molecule has 3 rings (SSSR count). The van der Waals surface area contributed by atoms with E-state index in [4.69, 9.17) is 11.6 Å². The first-order chi connectivity index (χ1) is 11.4. The topological polar surface area (TPSA) is 82.5 Å². The number of hydrogen-bond donors (Lipinski definition) is 2. The molecule has 1 aromatic heterocycles. The van der Waals surface area contributed by atoms with Crippen LogP contribution in [-0.4, -0.2) is 36.8 Å². The molecule has 0 unspecified atom stereocenters. The van der Waals surface area contributed by atoms with Crippen LogP contribution in [0.3, 0.4) is 0 Å². The zero-order valence-corrected chi connectivity index (χ0v) is 14.5. The number of halogens is 1. The van der Waals surface area contributed by atoms with Crippen LogP contribution >= 0.6 is 11.6 Å². The van der Waals surface area contributed by atoms with Gasteiger partial charge in [-0.25, -0.2) is 13.4 Å². The van der Waals surface area contributed by atoms with E-state index in [0.29, 0.717) is 31.0 Å². The van der Waals surface area contributed by atoms with Crippen molar-refractivity contribution in [2.45, 2.75) is 18.1 Å². The molecule has 0 atom stereocenters. The lowest BCUT2D eigenvalue weighted by atomic mass is 10.1. The van der Waals surface area contributed by atoms with Crippen LogP contribution in [0.5, 0.6) is 5.75 Å². The third-order valence-corrected chi connectivity index (χ3v) is 6.16. The minimum Gasteiger partial charge on any atom is -0.506 e. The Kier molecular flexibility index (Phi) is 4.82. The summed E-state index contributed by atoms with van der Waals surface area (Å²) in [4.78, 5) is 6.02. The van der Waals surface area contributed by atoms with Crippen LogP contribution < -0.4 is 9.62 Å². The number of nitrogens with zero attached hydrogens (tertiary/aromatic N) is 2. The van der Waals surface area contributed by atoms with E-state index in [1.807, 2.05) is 24.3 Å². The van der Waals surface area contributed by atoms with Gasteiger partial charge in [-0.15, -0.1) is 0 Å². The normalized spacial score (nSPS) is 16.1. The molecule has 0 bridgehead atoms. The minimum atomic E-state index is -3.50. The third-order valence-electron chi connectivity index (χ3n) is 4.07. The fourth-order valence-electron chi connectivity index (χ4n) is 2.75. The molecule has 2 heterocycles. The number of pyridine rings is 1. The fourth-order valence-corrected chi connectivity index (χ4v) is 4.29. The molecule has 1 aliphatic rings. The molecule has 24 heavy (non-hydrogen) atoms. The summed E-state index contributed by atoms with van der Waals surface area (Å²) in [5.74, 6) is 0.210. The molecule has 128 valence electrons. The van der Waals surface area contributed by atoms with Gasteiger partial charge in [-0.3, -0.25) is 4.72 Å². The van der Waals surface area contributed by atoms with Gasteiger partial charge >= 0.3 is 0 Å². The van der Waals surface area contributed by atoms with Gasteiger partial charge < -0.3 is 10.0 Å². The van der Waals surface area contributed by atoms with Crippen molar-refractivity contribution in [2.75, 3.05) is 22.7 Å². The summed E-state index contributed by atoms with van der Waals surface area (Å²) in [5.41, 5.74) is 1.04. The molecule has 8 heteroatoms. The van der Waals surface area contributed by atoms with Crippen molar-refractivity contribution in [3.8, 4) is 5.75 Å². The average molecular weight is 368 g/mol. The molecule has 6 nitrogen and oxygen atoms in total. The van der Waals surface area contributed by atoms with Crippen LogP contribution in [0, 0.1) is 0 Å². The Morgan fingerprint density at radius 3 is 2.38 bits per heavy atom. The van der Waals surface area contributed by atoms with Crippen LogP contribution in [0.1, 0.15) is 12.8 Å². The van der Waals surface area contributed by atoms with Gasteiger partial charge in [-0.2, -0.15) is 0 Å². The highest BCUT2D eigenvalue weighted by Crippen LogP contribution is 2.25. The number of anilines is 2. The zero-order chi connectivity index (χ0) is 17.2. The van der Waals surface area contributed by atoms with Crippen molar-refractivity contribution < 1.29 is 13.5 Å². The quantitative estimate of drug-likeness (QED) is 0.868. The zero-order valence-electron chi connectivity index (χ0n) is 12.9. The monoisotopic (exact) mass is 367 g/mol. The smallest absolute Gasteiger partial charge is 0.236 e. The maximum absolute atomic E-state index is 12.5. The first-order valence-electron chi connectivity index (χ1n) is 7.61. The second-order valence-electron chi connectivity index (χ2n) is 5.71. The molecule has 0 aliphatic carbocycles. The molecule has 1 fully saturated rings. The van der Waals surface area contributed by atoms with Gasteiger partial charge in [-0.05, 0) is 49.2 Å². The average Bonchev–Trinajstić information content (AvgIpc) is 2.58. The lowest BCUT2D eigenvalue weighted by molar-refractivity contribution is 0.473. The van der Waals surface area contributed by atoms with Crippen LogP contribution in [0.25, 0.3) is 0 Å². The van der Waals surface area contributed by atoms with Crippen molar-refractivity contribution in [3.05, 3.63) is 47.6 Å². The molecule has 0 spiro atoms. The Labute approximate surface area is 146 Å². The number of sulfonamides is 1. The van der Waals surface area contributed by atoms with Crippen LogP contribution in [0.4, 0.5) is 11.5 Å². The molecule has 1 aromatic carbocycles. The highest BCUT2D eigenvalue weighted by molar-refractivity contribution is 7.93. The van der Waals surface area contributed by atoms with Gasteiger partial charge in [0.2, 0.25) is 10.0 Å². The van der Waals surface area contributed by atoms with E-state index in [1.165, 1.54) is 18.3 Å². The van der Waals surface area contributed by atoms with Crippen LogP contribution in [0.2, 0.25) is 5.02 Å². The SMILES string of the molecule is O=S(=O)(Nc1ccc(O)cn1)C1CCN(c2ccc(Cl)cc2)CC1. The molecule has 0 saturated carbocycles. The summed E-state index contributed by atoms with van der Waals surface area (Å²) in [6, 6.07) is 10.4. The molecular formula is C16H18ClN3O3S. The summed E-state index contributed by atoms with van der Waals surface area (Å²) in [6.45, 7) is 1.33. The van der Waals surface area contributed by atoms with Gasteiger partial charge in [0, 0.05) is 23.8 Å². The van der Waals surface area contributed by atoms with Gasteiger partial charge in [0.15, 0.2) is 0 Å². The predicted molar refractivity (Wildman–Crippen MR) is 95.1 cm³/mol. The number of nitrogens with one attached hydrogen (secondary N) is 1. The first kappa shape index (κ1) is 16.9. The van der Waals surface area contributed by atoms with Gasteiger partial charge in [-0.1, -0.05) is 11.6 Å². The number of aromatic nitrogens is 1. The number of piperidine rings is 1. The Morgan fingerprint density at radius 2 is 1.79 bits per heavy atom. The molecule has 2 aromatic rings. The summed E-state index contributed by atoms with van der Waals surface area (Å²) in [5, 5.41) is 9.43. The van der Waals surface area contributed by atoms with E-state index in [9.17, 15) is 13.5 Å². The van der Waals surface area contributed by atoms with Crippen molar-refractivity contribution in [1.82, 2.24) is 4.98 Å². The molecular weight excluding hydrogens is 350 g/mol. The standard InChI is InChI=1S/C16H18ClN3O3S/c17-12-1-3-13(4-2-12)20-9-7-15(8-10-20)24(22,23)19-16-6-5-14(21)11-18-16/h1-6,11,15,21H,7-10H2,(H,18,19). The maximum atomic E-state index is 12.5. The lowest BCUT2D eigenvalue weighted by Gasteiger charge is -2.33. The summed E-state index contributed by atoms with van der Waals surface area (Å²) in [6.07, 6.45) is 2.28. The Hall–Kier alpha value is -1.99. The van der Waals surface area contributed by atoms with Crippen molar-refractivity contribution in [3.63, 3.8) is 0 Å². The van der Waals surface area contributed by atoms with Gasteiger partial charge in [0.25, 0.3) is 0 Å². The van der Waals surface area contributed by atoms with E-state index < -0.39 is 15.3 Å². The van der Waals surface area contributed by atoms with E-state index in [-0.39, 0.29) is 11.6 Å². The van der Waals surface area contributed by atoms with E-state index in [0.717, 1.165) is 5.69 Å². The van der Waals surface area contributed by atoms with Crippen molar-refractivity contribution in [1.29, 1.82) is 0 Å². The molecule has 0 amide bonds. The lowest BCUT2D eigenvalue weighted by Crippen LogP contribution is -2.41. The van der Waals surface area contributed by atoms with Crippen LogP contribution in [-0.2, 0) is 10.0 Å². The highest BCUT2D eigenvalue weighted by atomic mass is 35.5. The Bertz CT molecular complexity index is 786. The molecule has 2 N–H and O–H groups in total. The molecule has 1 saturated heterocycles. The molecule has 1 aliphatic heterocycles. The predicted octanol–water partition coefficient (Wildman–Crippen LogP) is 2.85. The largest absolute Gasteiger partial charge is 0.506 e. The number of hydrogen-bond acceptors (Lipinski definition) is 5. The fraction of sp³-hybridized carbons (Fsp3) is 0.312. The van der Waals surface area contributed by atoms with E-state index >= 15 is 0 Å². The van der Waals surface area contributed by atoms with Gasteiger partial charge in [0.1, 0.15) is 11.6 Å². The Morgan fingerprint density at radius 1 is 1.12 bits per heavy atom. The highest BCUT2D eigenvalue weighted by Gasteiger charge is 2.30. The summed E-state index contributed by atoms with van der Waals surface area (Å²) in [7, 11) is -3.50. The second-order valence-corrected chi connectivity index (χ2v) is 8.11. The first-order valence-corrected chi connectivity index (χ1v) is 9.54. The van der Waals surface area contributed by atoms with Gasteiger partial charge in [0.05, 0.1) is 11.4 Å². The second kappa shape index (κ2) is 6.86. The number of benzene rings is 1. The third kappa shape index (κ3) is 3.91. The van der Waals surface area contributed by atoms with E-state index in [1.54, 1.807) is 0 Å². The minimum absolute atomic E-state index is 0.00535. The van der Waals surface area contributed by atoms with Crippen LogP contribution in [0.15, 0.2) is 42.6 Å².